The Hall–Kier alpha value is -2.77. The molecule has 3 aromatic rings. The first-order valence-electron chi connectivity index (χ1n) is 11.3. The molecule has 0 N–H and O–H groups in total. The molecule has 2 aromatic heterocycles. The molecular formula is C25H27N3O3S. The minimum atomic E-state index is 0.0696. The van der Waals surface area contributed by atoms with E-state index in [4.69, 9.17) is 4.74 Å². The van der Waals surface area contributed by atoms with Gasteiger partial charge in [-0.15, -0.1) is 11.3 Å². The monoisotopic (exact) mass is 449 g/mol. The van der Waals surface area contributed by atoms with E-state index in [0.29, 0.717) is 39.3 Å². The van der Waals surface area contributed by atoms with Crippen LogP contribution in [0, 0.1) is 0 Å². The number of nitrogens with zero attached hydrogens (tertiary/aromatic N) is 3. The number of aryl methyl sites for hydroxylation is 1. The molecule has 0 spiro atoms. The number of amides is 2. The fraction of sp³-hybridized carbons (Fsp3) is 0.400. The summed E-state index contributed by atoms with van der Waals surface area (Å²) in [6.07, 6.45) is 3.93. The van der Waals surface area contributed by atoms with Crippen molar-refractivity contribution in [2.45, 2.75) is 25.2 Å². The Morgan fingerprint density at radius 1 is 1.03 bits per heavy atom. The highest BCUT2D eigenvalue weighted by atomic mass is 32.1. The van der Waals surface area contributed by atoms with E-state index in [2.05, 4.69) is 23.2 Å². The Morgan fingerprint density at radius 3 is 2.66 bits per heavy atom. The second-order valence-corrected chi connectivity index (χ2v) is 9.42. The zero-order valence-corrected chi connectivity index (χ0v) is 18.9. The number of pyridine rings is 1. The first-order chi connectivity index (χ1) is 15.7. The Kier molecular flexibility index (Phi) is 6.19. The standard InChI is InChI=1S/C25H27N3O3S/c29-21(9-8-18-5-2-1-3-6-18)28-12-10-19(17-28)22-20-7-4-11-26-24(20)32-23(22)25(30)27-13-15-31-16-14-27/h1-7,11,19H,8-10,12-17H2/t19-/m0/s1. The van der Waals surface area contributed by atoms with Gasteiger partial charge in [-0.25, -0.2) is 4.98 Å². The third-order valence-corrected chi connectivity index (χ3v) is 7.53. The van der Waals surface area contributed by atoms with Crippen molar-refractivity contribution in [3.63, 3.8) is 0 Å². The Labute approximate surface area is 191 Å². The summed E-state index contributed by atoms with van der Waals surface area (Å²) in [6, 6.07) is 14.1. The summed E-state index contributed by atoms with van der Waals surface area (Å²) in [5.74, 6) is 0.420. The second-order valence-electron chi connectivity index (χ2n) is 8.42. The topological polar surface area (TPSA) is 62.7 Å². The summed E-state index contributed by atoms with van der Waals surface area (Å²) >= 11 is 1.48. The van der Waals surface area contributed by atoms with Crippen molar-refractivity contribution in [2.24, 2.45) is 0 Å². The smallest absolute Gasteiger partial charge is 0.264 e. The van der Waals surface area contributed by atoms with Gasteiger partial charge in [0, 0.05) is 50.1 Å². The van der Waals surface area contributed by atoms with Crippen LogP contribution in [0.5, 0.6) is 0 Å². The number of morpholine rings is 1. The molecule has 1 atom stereocenters. The molecule has 166 valence electrons. The molecule has 7 heteroatoms. The molecule has 2 saturated heterocycles. The van der Waals surface area contributed by atoms with Crippen molar-refractivity contribution in [3.05, 3.63) is 64.7 Å². The lowest BCUT2D eigenvalue weighted by atomic mass is 9.95. The molecule has 0 radical (unpaired) electrons. The van der Waals surface area contributed by atoms with E-state index in [0.717, 1.165) is 40.0 Å². The van der Waals surface area contributed by atoms with Crippen LogP contribution in [0.1, 0.15) is 39.6 Å². The number of benzene rings is 1. The first-order valence-corrected chi connectivity index (χ1v) is 12.1. The van der Waals surface area contributed by atoms with Gasteiger partial charge >= 0.3 is 0 Å². The summed E-state index contributed by atoms with van der Waals surface area (Å²) in [5.41, 5.74) is 2.26. The van der Waals surface area contributed by atoms with Gasteiger partial charge in [-0.2, -0.15) is 0 Å². The fourth-order valence-corrected chi connectivity index (χ4v) is 5.90. The number of aromatic nitrogens is 1. The quantitative estimate of drug-likeness (QED) is 0.596. The zero-order valence-electron chi connectivity index (χ0n) is 18.0. The van der Waals surface area contributed by atoms with Crippen LogP contribution in [0.25, 0.3) is 10.2 Å². The van der Waals surface area contributed by atoms with Gasteiger partial charge in [-0.05, 0) is 30.0 Å². The zero-order chi connectivity index (χ0) is 21.9. The van der Waals surface area contributed by atoms with Crippen LogP contribution >= 0.6 is 11.3 Å². The Balaban J connectivity index is 1.35. The maximum absolute atomic E-state index is 13.4. The highest BCUT2D eigenvalue weighted by Gasteiger charge is 2.34. The number of hydrogen-bond donors (Lipinski definition) is 0. The van der Waals surface area contributed by atoms with Crippen LogP contribution < -0.4 is 0 Å². The minimum Gasteiger partial charge on any atom is -0.378 e. The van der Waals surface area contributed by atoms with Crippen LogP contribution in [-0.2, 0) is 16.0 Å². The van der Waals surface area contributed by atoms with Crippen LogP contribution in [-0.4, -0.2) is 66.0 Å². The van der Waals surface area contributed by atoms with Crippen molar-refractivity contribution in [1.29, 1.82) is 0 Å². The highest BCUT2D eigenvalue weighted by molar-refractivity contribution is 7.20. The molecule has 0 saturated carbocycles. The molecule has 2 amide bonds. The maximum Gasteiger partial charge on any atom is 0.264 e. The molecule has 2 aliphatic heterocycles. The molecule has 2 aliphatic rings. The highest BCUT2D eigenvalue weighted by Crippen LogP contribution is 2.40. The fourth-order valence-electron chi connectivity index (χ4n) is 4.70. The second kappa shape index (κ2) is 9.38. The number of ether oxygens (including phenoxy) is 1. The number of fused-ring (bicyclic) bond motifs is 1. The number of carbonyl (C=O) groups is 2. The Morgan fingerprint density at radius 2 is 1.84 bits per heavy atom. The lowest BCUT2D eigenvalue weighted by molar-refractivity contribution is -0.130. The molecule has 4 heterocycles. The average Bonchev–Trinajstić information content (AvgIpc) is 3.48. The van der Waals surface area contributed by atoms with Crippen molar-refractivity contribution < 1.29 is 14.3 Å². The van der Waals surface area contributed by atoms with Crippen LogP contribution in [0.15, 0.2) is 48.7 Å². The summed E-state index contributed by atoms with van der Waals surface area (Å²) < 4.78 is 5.42. The van der Waals surface area contributed by atoms with E-state index in [1.807, 2.05) is 34.1 Å². The summed E-state index contributed by atoms with van der Waals surface area (Å²) in [5, 5.41) is 1.05. The predicted molar refractivity (Wildman–Crippen MR) is 125 cm³/mol. The third kappa shape index (κ3) is 4.27. The SMILES string of the molecule is O=C(CCc1ccccc1)N1CC[C@H](c2c(C(=O)N3CCOCC3)sc3ncccc23)C1. The van der Waals surface area contributed by atoms with Crippen LogP contribution in [0.3, 0.4) is 0 Å². The van der Waals surface area contributed by atoms with Gasteiger partial charge in [0.05, 0.1) is 18.1 Å². The normalized spacial score (nSPS) is 18.9. The molecule has 5 rings (SSSR count). The van der Waals surface area contributed by atoms with Gasteiger partial charge in [0.25, 0.3) is 5.91 Å². The third-order valence-electron chi connectivity index (χ3n) is 6.42. The number of likely N-dealkylation sites (tertiary alicyclic amines) is 1. The van der Waals surface area contributed by atoms with Crippen molar-refractivity contribution in [3.8, 4) is 0 Å². The lowest BCUT2D eigenvalue weighted by Gasteiger charge is -2.27. The number of rotatable bonds is 5. The van der Waals surface area contributed by atoms with Crippen molar-refractivity contribution >= 4 is 33.4 Å². The van der Waals surface area contributed by atoms with E-state index in [-0.39, 0.29) is 17.7 Å². The number of thiophene rings is 1. The van der Waals surface area contributed by atoms with Crippen LogP contribution in [0.4, 0.5) is 0 Å². The van der Waals surface area contributed by atoms with E-state index in [1.54, 1.807) is 6.20 Å². The first kappa shape index (κ1) is 21.1. The molecule has 6 nitrogen and oxygen atoms in total. The van der Waals surface area contributed by atoms with Gasteiger partial charge in [0.1, 0.15) is 4.83 Å². The van der Waals surface area contributed by atoms with Crippen molar-refractivity contribution in [1.82, 2.24) is 14.8 Å². The van der Waals surface area contributed by atoms with Crippen molar-refractivity contribution in [2.75, 3.05) is 39.4 Å². The number of carbonyl (C=O) groups excluding carboxylic acids is 2. The molecule has 1 aromatic carbocycles. The summed E-state index contributed by atoms with van der Waals surface area (Å²) in [6.45, 7) is 3.80. The predicted octanol–water partition coefficient (Wildman–Crippen LogP) is 3.72. The average molecular weight is 450 g/mol. The molecular weight excluding hydrogens is 422 g/mol. The van der Waals surface area contributed by atoms with Gasteiger partial charge < -0.3 is 14.5 Å². The van der Waals surface area contributed by atoms with Gasteiger partial charge in [0.2, 0.25) is 5.91 Å². The Bertz CT molecular complexity index is 1110. The van der Waals surface area contributed by atoms with Crippen LogP contribution in [0.2, 0.25) is 0 Å². The molecule has 0 bridgehead atoms. The minimum absolute atomic E-state index is 0.0696. The maximum atomic E-state index is 13.4. The van der Waals surface area contributed by atoms with Gasteiger partial charge in [-0.1, -0.05) is 36.4 Å². The molecule has 2 fully saturated rings. The largest absolute Gasteiger partial charge is 0.378 e. The molecule has 0 unspecified atom stereocenters. The van der Waals surface area contributed by atoms with E-state index in [1.165, 1.54) is 16.9 Å². The summed E-state index contributed by atoms with van der Waals surface area (Å²) in [4.78, 5) is 36.3. The van der Waals surface area contributed by atoms with E-state index >= 15 is 0 Å². The molecule has 0 aliphatic carbocycles. The van der Waals surface area contributed by atoms with E-state index in [9.17, 15) is 9.59 Å². The van der Waals surface area contributed by atoms with Gasteiger partial charge in [-0.3, -0.25) is 9.59 Å². The number of hydrogen-bond acceptors (Lipinski definition) is 5. The molecule has 32 heavy (non-hydrogen) atoms. The van der Waals surface area contributed by atoms with E-state index < -0.39 is 0 Å². The summed E-state index contributed by atoms with van der Waals surface area (Å²) in [7, 11) is 0. The van der Waals surface area contributed by atoms with Gasteiger partial charge in [0.15, 0.2) is 0 Å². The lowest BCUT2D eigenvalue weighted by Crippen LogP contribution is -2.40.